The van der Waals surface area contributed by atoms with Crippen LogP contribution >= 0.6 is 0 Å². The van der Waals surface area contributed by atoms with Crippen molar-refractivity contribution in [3.05, 3.63) is 112 Å². The van der Waals surface area contributed by atoms with E-state index in [1.807, 2.05) is 73.7 Å². The quantitative estimate of drug-likeness (QED) is 0.270. The largest absolute Gasteiger partial charge is 0.497 e. The Morgan fingerprint density at radius 2 is 1.72 bits per heavy atom. The van der Waals surface area contributed by atoms with Crippen LogP contribution in [0.25, 0.3) is 10.9 Å². The van der Waals surface area contributed by atoms with Crippen LogP contribution in [0.5, 0.6) is 11.5 Å². The van der Waals surface area contributed by atoms with Gasteiger partial charge in [0.15, 0.2) is 5.82 Å². The van der Waals surface area contributed by atoms with E-state index >= 15 is 0 Å². The maximum atomic E-state index is 13.6. The van der Waals surface area contributed by atoms with Crippen molar-refractivity contribution in [3.63, 3.8) is 0 Å². The zero-order valence-electron chi connectivity index (χ0n) is 22.4. The van der Waals surface area contributed by atoms with Gasteiger partial charge in [0, 0.05) is 23.0 Å². The summed E-state index contributed by atoms with van der Waals surface area (Å²) >= 11 is 0. The van der Waals surface area contributed by atoms with Crippen molar-refractivity contribution in [3.8, 4) is 11.5 Å². The Morgan fingerprint density at radius 3 is 2.44 bits per heavy atom. The number of hydrogen-bond donors (Lipinski definition) is 1. The highest BCUT2D eigenvalue weighted by molar-refractivity contribution is 5.80. The number of aromatic amines is 1. The van der Waals surface area contributed by atoms with Crippen molar-refractivity contribution in [2.75, 3.05) is 20.3 Å². The second kappa shape index (κ2) is 11.9. The number of ether oxygens (including phenoxy) is 2. The monoisotopic (exact) mass is 524 g/mol. The molecule has 0 fully saturated rings. The number of methoxy groups -OCH3 is 1. The minimum absolute atomic E-state index is 0.179. The van der Waals surface area contributed by atoms with Gasteiger partial charge >= 0.3 is 0 Å². The molecule has 3 aromatic carbocycles. The average molecular weight is 525 g/mol. The van der Waals surface area contributed by atoms with Gasteiger partial charge in [-0.15, -0.1) is 5.10 Å². The minimum atomic E-state index is -0.493. The van der Waals surface area contributed by atoms with Crippen LogP contribution in [0.4, 0.5) is 0 Å². The number of fused-ring (bicyclic) bond motifs is 1. The number of tetrazole rings is 1. The molecule has 0 saturated carbocycles. The fraction of sp³-hybridized carbons (Fsp3) is 0.267. The molecule has 5 aromatic rings. The van der Waals surface area contributed by atoms with Gasteiger partial charge in [-0.1, -0.05) is 49.4 Å². The molecular formula is C30H32N6O3. The van der Waals surface area contributed by atoms with Gasteiger partial charge in [0.25, 0.3) is 5.56 Å². The number of rotatable bonds is 11. The maximum absolute atomic E-state index is 13.6. The molecule has 1 N–H and O–H groups in total. The highest BCUT2D eigenvalue weighted by Crippen LogP contribution is 2.29. The molecule has 0 bridgehead atoms. The van der Waals surface area contributed by atoms with Crippen molar-refractivity contribution in [2.24, 2.45) is 0 Å². The Kier molecular flexibility index (Phi) is 7.98. The Bertz CT molecular complexity index is 1580. The predicted molar refractivity (Wildman–Crippen MR) is 150 cm³/mol. The first-order chi connectivity index (χ1) is 19.1. The van der Waals surface area contributed by atoms with E-state index in [1.165, 1.54) is 0 Å². The highest BCUT2D eigenvalue weighted by atomic mass is 16.5. The van der Waals surface area contributed by atoms with Crippen LogP contribution in [0.15, 0.2) is 83.7 Å². The molecule has 0 unspecified atom stereocenters. The summed E-state index contributed by atoms with van der Waals surface area (Å²) in [5, 5.41) is 13.7. The smallest absolute Gasteiger partial charge is 0.253 e. The zero-order valence-corrected chi connectivity index (χ0v) is 22.4. The van der Waals surface area contributed by atoms with Crippen molar-refractivity contribution in [1.29, 1.82) is 0 Å². The molecule has 200 valence electrons. The van der Waals surface area contributed by atoms with Crippen LogP contribution in [-0.4, -0.2) is 50.4 Å². The summed E-state index contributed by atoms with van der Waals surface area (Å²) in [6.07, 6.45) is 0. The SMILES string of the molecule is CCOc1ccc2[nH]c(=O)c([C@H](c3nnnn3Cc3ccc(OC)cc3)N(CC)Cc3ccccc3)cc2c1. The minimum Gasteiger partial charge on any atom is -0.497 e. The molecule has 5 rings (SSSR count). The molecule has 0 spiro atoms. The fourth-order valence-corrected chi connectivity index (χ4v) is 4.79. The number of aromatic nitrogens is 5. The van der Waals surface area contributed by atoms with Crippen LogP contribution in [0, 0.1) is 0 Å². The molecule has 39 heavy (non-hydrogen) atoms. The molecule has 0 saturated heterocycles. The molecule has 0 aliphatic heterocycles. The Morgan fingerprint density at radius 1 is 0.949 bits per heavy atom. The molecule has 2 aromatic heterocycles. The number of benzene rings is 3. The van der Waals surface area contributed by atoms with Crippen molar-refractivity contribution < 1.29 is 9.47 Å². The van der Waals surface area contributed by atoms with E-state index in [0.717, 1.165) is 33.5 Å². The third-order valence-corrected chi connectivity index (χ3v) is 6.75. The van der Waals surface area contributed by atoms with Gasteiger partial charge in [0.1, 0.15) is 17.5 Å². The van der Waals surface area contributed by atoms with Crippen LogP contribution in [0.1, 0.15) is 42.4 Å². The standard InChI is InChI=1S/C30H32N6O3/c1-4-35(19-21-9-7-6-8-10-21)28(26-18-23-17-25(39-5-2)15-16-27(23)31-30(26)37)29-32-33-34-36(29)20-22-11-13-24(38-3)14-12-22/h6-18,28H,4-5,19-20H2,1-3H3,(H,31,37)/t28-/m1/s1. The molecule has 9 nitrogen and oxygen atoms in total. The number of pyridine rings is 1. The number of H-pyrrole nitrogens is 1. The lowest BCUT2D eigenvalue weighted by molar-refractivity contribution is 0.214. The lowest BCUT2D eigenvalue weighted by atomic mass is 10.0. The molecular weight excluding hydrogens is 492 g/mol. The van der Waals surface area contributed by atoms with Gasteiger partial charge in [-0.2, -0.15) is 0 Å². The molecule has 0 aliphatic rings. The normalized spacial score (nSPS) is 12.1. The summed E-state index contributed by atoms with van der Waals surface area (Å²) < 4.78 is 12.8. The van der Waals surface area contributed by atoms with Gasteiger partial charge in [0.2, 0.25) is 0 Å². The van der Waals surface area contributed by atoms with Gasteiger partial charge in [-0.3, -0.25) is 9.69 Å². The van der Waals surface area contributed by atoms with E-state index < -0.39 is 6.04 Å². The van der Waals surface area contributed by atoms with Crippen LogP contribution in [0.2, 0.25) is 0 Å². The van der Waals surface area contributed by atoms with Crippen LogP contribution < -0.4 is 15.0 Å². The lowest BCUT2D eigenvalue weighted by Crippen LogP contribution is -2.35. The second-order valence-corrected chi connectivity index (χ2v) is 9.23. The highest BCUT2D eigenvalue weighted by Gasteiger charge is 2.30. The maximum Gasteiger partial charge on any atom is 0.253 e. The molecule has 2 heterocycles. The topological polar surface area (TPSA) is 98.2 Å². The lowest BCUT2D eigenvalue weighted by Gasteiger charge is -2.30. The summed E-state index contributed by atoms with van der Waals surface area (Å²) in [7, 11) is 1.64. The molecule has 0 aliphatic carbocycles. The van der Waals surface area contributed by atoms with Crippen LogP contribution in [0.3, 0.4) is 0 Å². The fourth-order valence-electron chi connectivity index (χ4n) is 4.79. The van der Waals surface area contributed by atoms with Crippen LogP contribution in [-0.2, 0) is 13.1 Å². The summed E-state index contributed by atoms with van der Waals surface area (Å²) in [4.78, 5) is 18.9. The number of nitrogens with zero attached hydrogens (tertiary/aromatic N) is 5. The van der Waals surface area contributed by atoms with E-state index in [-0.39, 0.29) is 5.56 Å². The Labute approximate surface area is 227 Å². The van der Waals surface area contributed by atoms with E-state index in [2.05, 4.69) is 44.5 Å². The van der Waals surface area contributed by atoms with Gasteiger partial charge in [-0.25, -0.2) is 4.68 Å². The average Bonchev–Trinajstić information content (AvgIpc) is 3.41. The van der Waals surface area contributed by atoms with Crippen molar-refractivity contribution in [2.45, 2.75) is 33.0 Å². The molecule has 9 heteroatoms. The first-order valence-electron chi connectivity index (χ1n) is 13.1. The Balaban J connectivity index is 1.61. The number of hydrogen-bond acceptors (Lipinski definition) is 7. The third kappa shape index (κ3) is 5.83. The van der Waals surface area contributed by atoms with Crippen molar-refractivity contribution >= 4 is 10.9 Å². The number of nitrogens with one attached hydrogen (secondary N) is 1. The molecule has 0 radical (unpaired) electrons. The van der Waals surface area contributed by atoms with E-state index in [1.54, 1.807) is 11.8 Å². The van der Waals surface area contributed by atoms with Crippen molar-refractivity contribution in [1.82, 2.24) is 30.1 Å². The zero-order chi connectivity index (χ0) is 27.2. The molecule has 1 atom stereocenters. The molecule has 0 amide bonds. The van der Waals surface area contributed by atoms with E-state index in [4.69, 9.17) is 9.47 Å². The Hall–Kier alpha value is -4.50. The van der Waals surface area contributed by atoms with E-state index in [9.17, 15) is 4.79 Å². The van der Waals surface area contributed by atoms with Gasteiger partial charge < -0.3 is 14.5 Å². The third-order valence-electron chi connectivity index (χ3n) is 6.75. The van der Waals surface area contributed by atoms with Gasteiger partial charge in [-0.05, 0) is 71.4 Å². The predicted octanol–water partition coefficient (Wildman–Crippen LogP) is 4.58. The van der Waals surface area contributed by atoms with Gasteiger partial charge in [0.05, 0.1) is 20.3 Å². The summed E-state index contributed by atoms with van der Waals surface area (Å²) in [5.41, 5.74) is 3.29. The summed E-state index contributed by atoms with van der Waals surface area (Å²) in [6.45, 7) is 6.33. The second-order valence-electron chi connectivity index (χ2n) is 9.23. The first-order valence-corrected chi connectivity index (χ1v) is 13.1. The first kappa shape index (κ1) is 26.1. The van der Waals surface area contributed by atoms with E-state index in [0.29, 0.717) is 37.6 Å². The summed E-state index contributed by atoms with van der Waals surface area (Å²) in [5.74, 6) is 2.12. The summed E-state index contributed by atoms with van der Waals surface area (Å²) in [6, 6.07) is 25.1.